The Kier molecular flexibility index (Phi) is 2.89. The Morgan fingerprint density at radius 2 is 2.08 bits per heavy atom. The van der Waals surface area contributed by atoms with Gasteiger partial charge < -0.3 is 5.11 Å². The number of rotatable bonds is 2. The maximum atomic E-state index is 9.38. The second-order valence-corrected chi connectivity index (χ2v) is 4.74. The predicted molar refractivity (Wildman–Crippen MR) is 53.6 cm³/mol. The molecule has 1 heterocycles. The molecule has 76 valence electrons. The van der Waals surface area contributed by atoms with Crippen LogP contribution in [0, 0.1) is 5.92 Å². The van der Waals surface area contributed by atoms with Gasteiger partial charge in [0, 0.05) is 12.6 Å². The van der Waals surface area contributed by atoms with Gasteiger partial charge in [0.25, 0.3) is 0 Å². The van der Waals surface area contributed by atoms with Gasteiger partial charge in [0.2, 0.25) is 0 Å². The molecule has 2 fully saturated rings. The maximum absolute atomic E-state index is 9.38. The van der Waals surface area contributed by atoms with Crippen molar-refractivity contribution in [2.45, 2.75) is 51.2 Å². The van der Waals surface area contributed by atoms with Crippen molar-refractivity contribution in [2.75, 3.05) is 13.1 Å². The number of piperidine rings is 1. The Morgan fingerprint density at radius 1 is 1.31 bits per heavy atom. The molecule has 0 aromatic carbocycles. The molecule has 1 saturated carbocycles. The van der Waals surface area contributed by atoms with Gasteiger partial charge in [-0.25, -0.2) is 0 Å². The van der Waals surface area contributed by atoms with Gasteiger partial charge in [-0.3, -0.25) is 4.90 Å². The summed E-state index contributed by atoms with van der Waals surface area (Å²) in [5.74, 6) is 0.951. The van der Waals surface area contributed by atoms with Crippen LogP contribution in [-0.4, -0.2) is 35.2 Å². The zero-order valence-corrected chi connectivity index (χ0v) is 8.58. The van der Waals surface area contributed by atoms with Crippen LogP contribution in [0.2, 0.25) is 0 Å². The summed E-state index contributed by atoms with van der Waals surface area (Å²) in [6.07, 6.45) is 6.83. The molecule has 2 aliphatic rings. The van der Waals surface area contributed by atoms with E-state index in [2.05, 4.69) is 4.90 Å². The van der Waals surface area contributed by atoms with Crippen molar-refractivity contribution < 1.29 is 5.11 Å². The molecule has 0 bridgehead atoms. The van der Waals surface area contributed by atoms with Crippen LogP contribution >= 0.6 is 0 Å². The Bertz CT molecular complexity index is 169. The quantitative estimate of drug-likeness (QED) is 0.703. The highest BCUT2D eigenvalue weighted by molar-refractivity contribution is 4.89. The summed E-state index contributed by atoms with van der Waals surface area (Å²) >= 11 is 0. The first-order valence-electron chi connectivity index (χ1n) is 5.69. The highest BCUT2D eigenvalue weighted by atomic mass is 16.3. The van der Waals surface area contributed by atoms with Crippen molar-refractivity contribution in [2.24, 2.45) is 5.92 Å². The average molecular weight is 183 g/mol. The molecular formula is C11H21NO. The maximum Gasteiger partial charge on any atom is 0.0639 e. The SMILES string of the molecule is C[C@H](O)CN1CCCC2CCCC21. The van der Waals surface area contributed by atoms with E-state index in [1.165, 1.54) is 38.6 Å². The molecule has 0 radical (unpaired) electrons. The minimum Gasteiger partial charge on any atom is -0.392 e. The van der Waals surface area contributed by atoms with E-state index in [1.54, 1.807) is 0 Å². The van der Waals surface area contributed by atoms with Gasteiger partial charge in [-0.2, -0.15) is 0 Å². The van der Waals surface area contributed by atoms with Crippen molar-refractivity contribution in [1.29, 1.82) is 0 Å². The molecule has 2 nitrogen and oxygen atoms in total. The summed E-state index contributed by atoms with van der Waals surface area (Å²) in [5.41, 5.74) is 0. The van der Waals surface area contributed by atoms with Crippen molar-refractivity contribution >= 4 is 0 Å². The molecule has 2 unspecified atom stereocenters. The molecule has 0 aromatic heterocycles. The number of aliphatic hydroxyl groups excluding tert-OH is 1. The van der Waals surface area contributed by atoms with Crippen molar-refractivity contribution in [1.82, 2.24) is 4.90 Å². The molecule has 1 N–H and O–H groups in total. The lowest BCUT2D eigenvalue weighted by Crippen LogP contribution is -2.45. The fourth-order valence-corrected chi connectivity index (χ4v) is 3.12. The first-order valence-corrected chi connectivity index (χ1v) is 5.69. The van der Waals surface area contributed by atoms with Crippen molar-refractivity contribution in [3.05, 3.63) is 0 Å². The van der Waals surface area contributed by atoms with E-state index < -0.39 is 0 Å². The minimum atomic E-state index is -0.153. The summed E-state index contributed by atoms with van der Waals surface area (Å²) in [6.45, 7) is 4.01. The Balaban J connectivity index is 1.93. The molecule has 1 saturated heterocycles. The number of fused-ring (bicyclic) bond motifs is 1. The Labute approximate surface area is 80.9 Å². The molecule has 0 amide bonds. The average Bonchev–Trinajstić information content (AvgIpc) is 2.51. The van der Waals surface area contributed by atoms with Gasteiger partial charge in [-0.1, -0.05) is 6.42 Å². The number of aliphatic hydroxyl groups is 1. The molecular weight excluding hydrogens is 162 g/mol. The normalized spacial score (nSPS) is 37.4. The largest absolute Gasteiger partial charge is 0.392 e. The fraction of sp³-hybridized carbons (Fsp3) is 1.00. The highest BCUT2D eigenvalue weighted by Gasteiger charge is 2.34. The lowest BCUT2D eigenvalue weighted by atomic mass is 9.92. The molecule has 2 rings (SSSR count). The first kappa shape index (κ1) is 9.47. The molecule has 3 atom stereocenters. The molecule has 13 heavy (non-hydrogen) atoms. The Hall–Kier alpha value is -0.0800. The highest BCUT2D eigenvalue weighted by Crippen LogP contribution is 2.36. The fourth-order valence-electron chi connectivity index (χ4n) is 3.12. The number of hydrogen-bond acceptors (Lipinski definition) is 2. The van der Waals surface area contributed by atoms with E-state index in [9.17, 15) is 5.11 Å². The molecule has 1 aliphatic carbocycles. The number of hydrogen-bond donors (Lipinski definition) is 1. The van der Waals surface area contributed by atoms with Gasteiger partial charge in [-0.05, 0) is 45.1 Å². The Morgan fingerprint density at radius 3 is 2.85 bits per heavy atom. The number of likely N-dealkylation sites (tertiary alicyclic amines) is 1. The predicted octanol–water partition coefficient (Wildman–Crippen LogP) is 1.63. The van der Waals surface area contributed by atoms with Crippen molar-refractivity contribution in [3.8, 4) is 0 Å². The molecule has 1 aliphatic heterocycles. The van der Waals surface area contributed by atoms with E-state index in [1.807, 2.05) is 6.92 Å². The van der Waals surface area contributed by atoms with Crippen LogP contribution in [0.15, 0.2) is 0 Å². The van der Waals surface area contributed by atoms with E-state index in [0.29, 0.717) is 0 Å². The second-order valence-electron chi connectivity index (χ2n) is 4.74. The topological polar surface area (TPSA) is 23.5 Å². The monoisotopic (exact) mass is 183 g/mol. The third-order valence-electron chi connectivity index (χ3n) is 3.61. The van der Waals surface area contributed by atoms with Crippen LogP contribution in [0.5, 0.6) is 0 Å². The third kappa shape index (κ3) is 2.05. The number of nitrogens with zero attached hydrogens (tertiary/aromatic N) is 1. The summed E-state index contributed by atoms with van der Waals surface area (Å²) in [4.78, 5) is 2.52. The van der Waals surface area contributed by atoms with E-state index in [-0.39, 0.29) is 6.10 Å². The van der Waals surface area contributed by atoms with Crippen LogP contribution < -0.4 is 0 Å². The van der Waals surface area contributed by atoms with Crippen LogP contribution in [0.4, 0.5) is 0 Å². The zero-order valence-electron chi connectivity index (χ0n) is 8.58. The number of β-amino-alcohol motifs (C(OH)–C–C–N with tert-alkyl or cyclic N) is 1. The van der Waals surface area contributed by atoms with Crippen LogP contribution in [-0.2, 0) is 0 Å². The third-order valence-corrected chi connectivity index (χ3v) is 3.61. The molecule has 2 heteroatoms. The first-order chi connectivity index (χ1) is 6.27. The van der Waals surface area contributed by atoms with Gasteiger partial charge in [0.05, 0.1) is 6.10 Å². The van der Waals surface area contributed by atoms with E-state index in [4.69, 9.17) is 0 Å². The van der Waals surface area contributed by atoms with Crippen LogP contribution in [0.1, 0.15) is 39.0 Å². The van der Waals surface area contributed by atoms with Crippen molar-refractivity contribution in [3.63, 3.8) is 0 Å². The van der Waals surface area contributed by atoms with Gasteiger partial charge in [0.1, 0.15) is 0 Å². The molecule has 0 spiro atoms. The summed E-state index contributed by atoms with van der Waals surface area (Å²) in [7, 11) is 0. The summed E-state index contributed by atoms with van der Waals surface area (Å²) in [6, 6.07) is 0.809. The van der Waals surface area contributed by atoms with E-state index in [0.717, 1.165) is 18.5 Å². The van der Waals surface area contributed by atoms with Crippen LogP contribution in [0.3, 0.4) is 0 Å². The lowest BCUT2D eigenvalue weighted by molar-refractivity contribution is 0.0586. The summed E-state index contributed by atoms with van der Waals surface area (Å²) < 4.78 is 0. The molecule has 0 aromatic rings. The zero-order chi connectivity index (χ0) is 9.26. The van der Waals surface area contributed by atoms with Crippen LogP contribution in [0.25, 0.3) is 0 Å². The second kappa shape index (κ2) is 3.97. The van der Waals surface area contributed by atoms with Gasteiger partial charge >= 0.3 is 0 Å². The van der Waals surface area contributed by atoms with Gasteiger partial charge in [-0.15, -0.1) is 0 Å². The summed E-state index contributed by atoms with van der Waals surface area (Å²) in [5, 5.41) is 9.38. The lowest BCUT2D eigenvalue weighted by Gasteiger charge is -2.38. The standard InChI is InChI=1S/C11H21NO/c1-9(13)8-12-7-3-5-10-4-2-6-11(10)12/h9-11,13H,2-8H2,1H3/t9-,10?,11?/m0/s1. The smallest absolute Gasteiger partial charge is 0.0639 e. The van der Waals surface area contributed by atoms with E-state index >= 15 is 0 Å². The minimum absolute atomic E-state index is 0.153. The van der Waals surface area contributed by atoms with Gasteiger partial charge in [0.15, 0.2) is 0 Å².